The van der Waals surface area contributed by atoms with Crippen LogP contribution in [0.25, 0.3) is 89.2 Å². The van der Waals surface area contributed by atoms with Crippen molar-refractivity contribution in [1.29, 1.82) is 0 Å². The molecular formula is C53H38N2. The maximum atomic E-state index is 5.32. The van der Waals surface area contributed by atoms with E-state index in [1.807, 2.05) is 0 Å². The summed E-state index contributed by atoms with van der Waals surface area (Å²) in [5.74, 6) is 0.697. The summed E-state index contributed by atoms with van der Waals surface area (Å²) in [6.45, 7) is 4.73. The van der Waals surface area contributed by atoms with Gasteiger partial charge in [0.25, 0.3) is 0 Å². The van der Waals surface area contributed by atoms with Gasteiger partial charge >= 0.3 is 0 Å². The molecule has 0 atom stereocenters. The molecule has 1 aliphatic carbocycles. The lowest BCUT2D eigenvalue weighted by atomic mass is 9.79. The van der Waals surface area contributed by atoms with E-state index in [1.54, 1.807) is 0 Å². The second-order valence-corrected chi connectivity index (χ2v) is 15.0. The highest BCUT2D eigenvalue weighted by atomic mass is 14.9. The summed E-state index contributed by atoms with van der Waals surface area (Å²) < 4.78 is 0. The van der Waals surface area contributed by atoms with Crippen molar-refractivity contribution in [3.8, 4) is 78.4 Å². The number of hydrogen-bond acceptors (Lipinski definition) is 2. The average Bonchev–Trinajstić information content (AvgIpc) is 3.50. The number of hydrogen-bond donors (Lipinski definition) is 0. The monoisotopic (exact) mass is 702 g/mol. The zero-order valence-corrected chi connectivity index (χ0v) is 30.9. The van der Waals surface area contributed by atoms with E-state index in [1.165, 1.54) is 49.7 Å². The van der Waals surface area contributed by atoms with Crippen molar-refractivity contribution >= 4 is 10.8 Å². The molecule has 8 aromatic carbocycles. The van der Waals surface area contributed by atoms with Gasteiger partial charge in [0.1, 0.15) is 0 Å². The molecule has 55 heavy (non-hydrogen) atoms. The van der Waals surface area contributed by atoms with Gasteiger partial charge < -0.3 is 0 Å². The van der Waals surface area contributed by atoms with Gasteiger partial charge in [0.15, 0.2) is 5.82 Å². The largest absolute Gasteiger partial charge is 0.228 e. The van der Waals surface area contributed by atoms with Gasteiger partial charge in [-0.3, -0.25) is 0 Å². The number of nitrogens with zero attached hydrogens (tertiary/aromatic N) is 2. The fourth-order valence-electron chi connectivity index (χ4n) is 8.56. The lowest BCUT2D eigenvalue weighted by Gasteiger charge is -2.24. The van der Waals surface area contributed by atoms with Crippen molar-refractivity contribution in [3.63, 3.8) is 0 Å². The molecule has 0 aliphatic heterocycles. The summed E-state index contributed by atoms with van der Waals surface area (Å²) in [7, 11) is 0. The number of rotatable bonds is 6. The highest BCUT2D eigenvalue weighted by molar-refractivity contribution is 6.05. The Morgan fingerprint density at radius 1 is 0.364 bits per heavy atom. The first-order valence-corrected chi connectivity index (χ1v) is 19.0. The molecule has 1 aromatic heterocycles. The van der Waals surface area contributed by atoms with Crippen LogP contribution in [0.1, 0.15) is 25.0 Å². The molecule has 0 radical (unpaired) electrons. The van der Waals surface area contributed by atoms with Gasteiger partial charge in [0, 0.05) is 22.1 Å². The van der Waals surface area contributed by atoms with Crippen molar-refractivity contribution in [3.05, 3.63) is 205 Å². The second-order valence-electron chi connectivity index (χ2n) is 15.0. The minimum atomic E-state index is -0.131. The van der Waals surface area contributed by atoms with Gasteiger partial charge in [0.05, 0.1) is 11.4 Å². The summed E-state index contributed by atoms with van der Waals surface area (Å²) in [6.07, 6.45) is 0. The van der Waals surface area contributed by atoms with Gasteiger partial charge in [-0.2, -0.15) is 0 Å². The Kier molecular flexibility index (Phi) is 7.85. The van der Waals surface area contributed by atoms with E-state index in [2.05, 4.69) is 208 Å². The highest BCUT2D eigenvalue weighted by Gasteiger charge is 2.38. The molecule has 2 heteroatoms. The predicted molar refractivity (Wildman–Crippen MR) is 230 cm³/mol. The summed E-state index contributed by atoms with van der Waals surface area (Å²) >= 11 is 0. The molecule has 10 rings (SSSR count). The van der Waals surface area contributed by atoms with Crippen molar-refractivity contribution in [1.82, 2.24) is 9.97 Å². The van der Waals surface area contributed by atoms with Crippen LogP contribution in [0, 0.1) is 0 Å². The van der Waals surface area contributed by atoms with Crippen LogP contribution in [0.15, 0.2) is 194 Å². The Morgan fingerprint density at radius 3 is 1.51 bits per heavy atom. The summed E-state index contributed by atoms with van der Waals surface area (Å²) in [5.41, 5.74) is 17.2. The molecule has 9 aromatic rings. The lowest BCUT2D eigenvalue weighted by molar-refractivity contribution is 0.666. The fourth-order valence-corrected chi connectivity index (χ4v) is 8.56. The molecule has 0 N–H and O–H groups in total. The predicted octanol–water partition coefficient (Wildman–Crippen LogP) is 13.9. The topological polar surface area (TPSA) is 25.8 Å². The smallest absolute Gasteiger partial charge is 0.160 e. The maximum Gasteiger partial charge on any atom is 0.160 e. The molecule has 1 aliphatic rings. The van der Waals surface area contributed by atoms with Crippen molar-refractivity contribution < 1.29 is 0 Å². The maximum absolute atomic E-state index is 5.32. The Balaban J connectivity index is 1.16. The molecule has 0 amide bonds. The molecule has 0 spiro atoms. The van der Waals surface area contributed by atoms with E-state index in [4.69, 9.17) is 9.97 Å². The highest BCUT2D eigenvalue weighted by Crippen LogP contribution is 2.54. The zero-order valence-electron chi connectivity index (χ0n) is 30.9. The molecule has 2 nitrogen and oxygen atoms in total. The third-order valence-electron chi connectivity index (χ3n) is 11.2. The number of aromatic nitrogens is 2. The molecule has 0 bridgehead atoms. The Morgan fingerprint density at radius 2 is 0.855 bits per heavy atom. The standard InChI is InChI=1S/C53H38N2/c1-53(2)47-29-12-11-28-45(47)50-46(33-40-20-9-10-27-44(40)51(50)53)39-23-15-26-43(32-39)52-54-48(41-24-13-21-37(30-41)35-16-5-3-6-17-35)34-49(55-52)42-25-14-22-38(31-42)36-18-7-4-8-19-36/h3-34H,1-2H3. The third-order valence-corrected chi connectivity index (χ3v) is 11.2. The van der Waals surface area contributed by atoms with Crippen LogP contribution in [0.5, 0.6) is 0 Å². The van der Waals surface area contributed by atoms with E-state index in [-0.39, 0.29) is 5.41 Å². The van der Waals surface area contributed by atoms with Gasteiger partial charge in [0.2, 0.25) is 0 Å². The third kappa shape index (κ3) is 5.75. The first kappa shape index (κ1) is 32.7. The van der Waals surface area contributed by atoms with Crippen LogP contribution >= 0.6 is 0 Å². The van der Waals surface area contributed by atoms with Gasteiger partial charge in [-0.1, -0.05) is 178 Å². The normalized spacial score (nSPS) is 12.7. The SMILES string of the molecule is CC1(C)c2ccccc2-c2c(-c3cccc(-c4nc(-c5cccc(-c6ccccc6)c5)cc(-c5cccc(-c6ccccc6)c5)n4)c3)cc3ccccc3c21. The van der Waals surface area contributed by atoms with E-state index < -0.39 is 0 Å². The summed E-state index contributed by atoms with van der Waals surface area (Å²) in [4.78, 5) is 10.6. The zero-order chi connectivity index (χ0) is 36.9. The van der Waals surface area contributed by atoms with E-state index in [0.29, 0.717) is 5.82 Å². The molecule has 0 saturated carbocycles. The van der Waals surface area contributed by atoms with Gasteiger partial charge in [-0.15, -0.1) is 0 Å². The Hall–Kier alpha value is -6.90. The molecule has 0 fully saturated rings. The minimum Gasteiger partial charge on any atom is -0.228 e. The van der Waals surface area contributed by atoms with E-state index in [9.17, 15) is 0 Å². The van der Waals surface area contributed by atoms with Crippen LogP contribution < -0.4 is 0 Å². The first-order valence-electron chi connectivity index (χ1n) is 19.0. The summed E-state index contributed by atoms with van der Waals surface area (Å²) in [5, 5.41) is 2.56. The fraction of sp³-hybridized carbons (Fsp3) is 0.0566. The van der Waals surface area contributed by atoms with Crippen LogP contribution in [-0.4, -0.2) is 9.97 Å². The van der Waals surface area contributed by atoms with Gasteiger partial charge in [-0.05, 0) is 96.7 Å². The van der Waals surface area contributed by atoms with Crippen LogP contribution in [0.2, 0.25) is 0 Å². The summed E-state index contributed by atoms with van der Waals surface area (Å²) in [6, 6.07) is 69.5. The first-order chi connectivity index (χ1) is 27.0. The van der Waals surface area contributed by atoms with E-state index in [0.717, 1.165) is 44.8 Å². The Labute approximate surface area is 322 Å². The minimum absolute atomic E-state index is 0.131. The lowest BCUT2D eigenvalue weighted by Crippen LogP contribution is -2.15. The van der Waals surface area contributed by atoms with Crippen molar-refractivity contribution in [2.75, 3.05) is 0 Å². The molecular weight excluding hydrogens is 665 g/mol. The molecule has 0 saturated heterocycles. The van der Waals surface area contributed by atoms with Gasteiger partial charge in [-0.25, -0.2) is 9.97 Å². The Bertz CT molecular complexity index is 2790. The van der Waals surface area contributed by atoms with Crippen LogP contribution in [0.4, 0.5) is 0 Å². The average molecular weight is 703 g/mol. The second kappa shape index (κ2) is 13.2. The van der Waals surface area contributed by atoms with Crippen molar-refractivity contribution in [2.45, 2.75) is 19.3 Å². The van der Waals surface area contributed by atoms with E-state index >= 15 is 0 Å². The van der Waals surface area contributed by atoms with Crippen molar-refractivity contribution in [2.24, 2.45) is 0 Å². The molecule has 1 heterocycles. The number of benzene rings is 8. The van der Waals surface area contributed by atoms with Crippen LogP contribution in [0.3, 0.4) is 0 Å². The quantitative estimate of drug-likeness (QED) is 0.172. The number of fused-ring (bicyclic) bond motifs is 5. The van der Waals surface area contributed by atoms with Crippen LogP contribution in [-0.2, 0) is 5.41 Å². The molecule has 260 valence electrons. The molecule has 0 unspecified atom stereocenters.